The molecule has 0 saturated heterocycles. The lowest BCUT2D eigenvalue weighted by atomic mass is 9.81. The van der Waals surface area contributed by atoms with Crippen LogP contribution in [-0.4, -0.2) is 11.7 Å². The molecule has 1 unspecified atom stereocenters. The molecular formula is C54H37N3O. The normalized spacial score (nSPS) is 15.7. The van der Waals surface area contributed by atoms with Gasteiger partial charge in [0.2, 0.25) is 0 Å². The maximum absolute atomic E-state index is 7.02. The molecule has 10 aromatic rings. The van der Waals surface area contributed by atoms with Crippen molar-refractivity contribution in [3.05, 3.63) is 204 Å². The quantitative estimate of drug-likeness (QED) is 0.195. The second kappa shape index (κ2) is 12.3. The zero-order valence-electron chi connectivity index (χ0n) is 32.1. The number of amidine groups is 2. The summed E-state index contributed by atoms with van der Waals surface area (Å²) in [5.74, 6) is 1.45. The molecule has 0 bridgehead atoms. The number of aliphatic imine (C=N–C) groups is 2. The van der Waals surface area contributed by atoms with Crippen molar-refractivity contribution in [1.82, 2.24) is 5.32 Å². The predicted molar refractivity (Wildman–Crippen MR) is 241 cm³/mol. The van der Waals surface area contributed by atoms with E-state index < -0.39 is 0 Å². The summed E-state index contributed by atoms with van der Waals surface area (Å²) in [6.45, 7) is 4.67. The van der Waals surface area contributed by atoms with Crippen LogP contribution in [0.4, 0.5) is 0 Å². The van der Waals surface area contributed by atoms with Crippen molar-refractivity contribution in [2.75, 3.05) is 0 Å². The Bertz CT molecular complexity index is 3420. The molecule has 9 aromatic carbocycles. The van der Waals surface area contributed by atoms with E-state index >= 15 is 0 Å². The van der Waals surface area contributed by atoms with E-state index in [1.54, 1.807) is 0 Å². The smallest absolute Gasteiger partial charge is 0.159 e. The minimum atomic E-state index is -0.356. The van der Waals surface area contributed by atoms with Crippen LogP contribution in [0, 0.1) is 0 Å². The van der Waals surface area contributed by atoms with E-state index in [9.17, 15) is 0 Å². The van der Waals surface area contributed by atoms with Gasteiger partial charge in [0.1, 0.15) is 23.2 Å². The summed E-state index contributed by atoms with van der Waals surface area (Å²) in [7, 11) is 0. The average Bonchev–Trinajstić information content (AvgIpc) is 3.77. The largest absolute Gasteiger partial charge is 0.455 e. The minimum Gasteiger partial charge on any atom is -0.455 e. The van der Waals surface area contributed by atoms with Gasteiger partial charge in [-0.3, -0.25) is 0 Å². The Morgan fingerprint density at radius 3 is 2.00 bits per heavy atom. The van der Waals surface area contributed by atoms with E-state index in [0.717, 1.165) is 71.8 Å². The summed E-state index contributed by atoms with van der Waals surface area (Å²) in [5.41, 5.74) is 12.2. The molecule has 0 radical (unpaired) electrons. The van der Waals surface area contributed by atoms with Gasteiger partial charge in [0.05, 0.1) is 0 Å². The first-order chi connectivity index (χ1) is 28.5. The van der Waals surface area contributed by atoms with Crippen LogP contribution in [0.15, 0.2) is 190 Å². The third-order valence-electron chi connectivity index (χ3n) is 12.5. The van der Waals surface area contributed by atoms with Gasteiger partial charge in [-0.05, 0) is 90.0 Å². The molecule has 0 amide bonds. The van der Waals surface area contributed by atoms with Crippen molar-refractivity contribution in [2.24, 2.45) is 9.98 Å². The molecule has 1 aliphatic carbocycles. The lowest BCUT2D eigenvalue weighted by Gasteiger charge is -2.24. The predicted octanol–water partition coefficient (Wildman–Crippen LogP) is 13.5. The van der Waals surface area contributed by atoms with Crippen molar-refractivity contribution in [2.45, 2.75) is 25.4 Å². The fraction of sp³-hybridized carbons (Fsp3) is 0.0741. The van der Waals surface area contributed by atoms with Crippen LogP contribution in [0.25, 0.3) is 76.5 Å². The summed E-state index contributed by atoms with van der Waals surface area (Å²) >= 11 is 0. The van der Waals surface area contributed by atoms with Crippen molar-refractivity contribution in [3.63, 3.8) is 0 Å². The van der Waals surface area contributed by atoms with E-state index in [2.05, 4.69) is 195 Å². The molecule has 2 heterocycles. The summed E-state index contributed by atoms with van der Waals surface area (Å²) in [5, 5.41) is 12.9. The lowest BCUT2D eigenvalue weighted by Crippen LogP contribution is -2.33. The number of nitrogens with one attached hydrogen (secondary N) is 1. The fourth-order valence-electron chi connectivity index (χ4n) is 9.55. The lowest BCUT2D eigenvalue weighted by molar-refractivity contribution is 0.660. The van der Waals surface area contributed by atoms with Gasteiger partial charge >= 0.3 is 0 Å². The molecule has 12 rings (SSSR count). The van der Waals surface area contributed by atoms with Crippen LogP contribution in [0.1, 0.15) is 47.8 Å². The van der Waals surface area contributed by atoms with Gasteiger partial charge in [0, 0.05) is 32.9 Å². The Morgan fingerprint density at radius 1 is 0.500 bits per heavy atom. The topological polar surface area (TPSA) is 49.9 Å². The zero-order chi connectivity index (χ0) is 38.5. The van der Waals surface area contributed by atoms with Crippen molar-refractivity contribution < 1.29 is 4.42 Å². The summed E-state index contributed by atoms with van der Waals surface area (Å²) in [6, 6.07) is 63.1. The number of furan rings is 1. The SMILES string of the molecule is CC1(C)c2ccccc2-c2ccc(-c3cccc4c3oc3cc(C5=NC(c6ccc7ccccc7c6)=NC(c6ccc7ccccc7c6)N5)c5ccccc5c34)cc21. The Balaban J connectivity index is 1.04. The van der Waals surface area contributed by atoms with E-state index in [1.807, 2.05) is 0 Å². The highest BCUT2D eigenvalue weighted by Gasteiger charge is 2.35. The van der Waals surface area contributed by atoms with Crippen LogP contribution >= 0.6 is 0 Å². The number of nitrogens with zero attached hydrogens (tertiary/aromatic N) is 2. The maximum atomic E-state index is 7.02. The molecule has 4 heteroatoms. The third kappa shape index (κ3) is 4.94. The van der Waals surface area contributed by atoms with Gasteiger partial charge < -0.3 is 9.73 Å². The number of fused-ring (bicyclic) bond motifs is 10. The number of para-hydroxylation sites is 1. The Morgan fingerprint density at radius 2 is 1.16 bits per heavy atom. The molecule has 0 spiro atoms. The Labute approximate surface area is 335 Å². The van der Waals surface area contributed by atoms with Crippen molar-refractivity contribution in [1.29, 1.82) is 0 Å². The molecule has 58 heavy (non-hydrogen) atoms. The highest BCUT2D eigenvalue weighted by Crippen LogP contribution is 2.50. The number of hydrogen-bond donors (Lipinski definition) is 1. The Hall–Kier alpha value is -7.30. The van der Waals surface area contributed by atoms with E-state index in [4.69, 9.17) is 14.4 Å². The molecular weight excluding hydrogens is 707 g/mol. The van der Waals surface area contributed by atoms with Gasteiger partial charge in [-0.25, -0.2) is 9.98 Å². The van der Waals surface area contributed by atoms with Gasteiger partial charge in [-0.2, -0.15) is 0 Å². The van der Waals surface area contributed by atoms with Crippen molar-refractivity contribution >= 4 is 65.9 Å². The molecule has 0 saturated carbocycles. The zero-order valence-corrected chi connectivity index (χ0v) is 32.1. The summed E-state index contributed by atoms with van der Waals surface area (Å²) < 4.78 is 7.02. The summed E-state index contributed by atoms with van der Waals surface area (Å²) in [6.07, 6.45) is -0.356. The van der Waals surface area contributed by atoms with Crippen LogP contribution in [0.3, 0.4) is 0 Å². The summed E-state index contributed by atoms with van der Waals surface area (Å²) in [4.78, 5) is 10.6. The van der Waals surface area contributed by atoms with Gasteiger partial charge in [0.25, 0.3) is 0 Å². The molecule has 4 nitrogen and oxygen atoms in total. The molecule has 1 aliphatic heterocycles. The number of benzene rings is 9. The molecule has 274 valence electrons. The standard InChI is InChI=1S/C54H37N3O/c1-54(2)46-21-10-9-17-41(46)42-27-26-36(30-47(42)54)39-19-11-20-44-49-43-18-8-7-16-40(43)45(31-48(49)58-50(39)44)53-56-51(37-24-22-32-12-3-5-14-34(32)28-37)55-52(57-53)38-25-23-33-13-4-6-15-35(33)29-38/h3-31,51H,1-2H3,(H,55,56,57). The van der Waals surface area contributed by atoms with Crippen molar-refractivity contribution in [3.8, 4) is 22.3 Å². The van der Waals surface area contributed by atoms with Crippen LogP contribution < -0.4 is 5.32 Å². The first-order valence-electron chi connectivity index (χ1n) is 20.0. The Kier molecular flexibility index (Phi) is 7.00. The fourth-order valence-corrected chi connectivity index (χ4v) is 9.55. The van der Waals surface area contributed by atoms with Crippen LogP contribution in [0.5, 0.6) is 0 Å². The van der Waals surface area contributed by atoms with E-state index in [-0.39, 0.29) is 11.6 Å². The van der Waals surface area contributed by atoms with Gasteiger partial charge in [-0.1, -0.05) is 166 Å². The van der Waals surface area contributed by atoms with Crippen LogP contribution in [0.2, 0.25) is 0 Å². The monoisotopic (exact) mass is 743 g/mol. The maximum Gasteiger partial charge on any atom is 0.159 e. The molecule has 1 N–H and O–H groups in total. The second-order valence-electron chi connectivity index (χ2n) is 16.2. The minimum absolute atomic E-state index is 0.0950. The molecule has 0 fully saturated rings. The molecule has 1 aromatic heterocycles. The first kappa shape index (κ1) is 32.9. The third-order valence-corrected chi connectivity index (χ3v) is 12.5. The van der Waals surface area contributed by atoms with E-state index in [1.165, 1.54) is 38.4 Å². The molecule has 1 atom stereocenters. The highest BCUT2D eigenvalue weighted by molar-refractivity contribution is 6.26. The van der Waals surface area contributed by atoms with Gasteiger partial charge in [0.15, 0.2) is 5.84 Å². The highest BCUT2D eigenvalue weighted by atomic mass is 16.3. The van der Waals surface area contributed by atoms with E-state index in [0.29, 0.717) is 5.84 Å². The number of rotatable bonds is 4. The van der Waals surface area contributed by atoms with Crippen LogP contribution in [-0.2, 0) is 5.41 Å². The van der Waals surface area contributed by atoms with Gasteiger partial charge in [-0.15, -0.1) is 0 Å². The average molecular weight is 744 g/mol. The second-order valence-corrected chi connectivity index (χ2v) is 16.2. The first-order valence-corrected chi connectivity index (χ1v) is 20.0. The number of hydrogen-bond acceptors (Lipinski definition) is 4. The molecule has 2 aliphatic rings.